The van der Waals surface area contributed by atoms with E-state index in [1.165, 1.54) is 14.0 Å². The zero-order chi connectivity index (χ0) is 12.3. The fourth-order valence-corrected chi connectivity index (χ4v) is 0.794. The van der Waals surface area contributed by atoms with Crippen LogP contribution in [0, 0.1) is 0 Å². The van der Waals surface area contributed by atoms with Crippen LogP contribution in [0.1, 0.15) is 13.8 Å². The number of hydrogen-bond donors (Lipinski definition) is 2. The number of hydrogen-bond acceptors (Lipinski definition) is 3. The van der Waals surface area contributed by atoms with E-state index in [9.17, 15) is 18.0 Å². The van der Waals surface area contributed by atoms with Crippen molar-refractivity contribution in [2.24, 2.45) is 5.73 Å². The van der Waals surface area contributed by atoms with Gasteiger partial charge in [0.25, 0.3) is 0 Å². The van der Waals surface area contributed by atoms with E-state index in [0.29, 0.717) is 6.92 Å². The maximum absolute atomic E-state index is 12.3. The lowest BCUT2D eigenvalue weighted by Gasteiger charge is -2.27. The molecule has 4 nitrogen and oxygen atoms in total. The highest BCUT2D eigenvalue weighted by Crippen LogP contribution is 2.27. The Kier molecular flexibility index (Phi) is 4.54. The van der Waals surface area contributed by atoms with Crippen LogP contribution in [-0.4, -0.2) is 37.4 Å². The first-order chi connectivity index (χ1) is 6.63. The second-order valence-corrected chi connectivity index (χ2v) is 3.53. The van der Waals surface area contributed by atoms with Crippen molar-refractivity contribution in [1.82, 2.24) is 5.32 Å². The average Bonchev–Trinajstić information content (AvgIpc) is 2.02. The van der Waals surface area contributed by atoms with Gasteiger partial charge in [0.1, 0.15) is 0 Å². The lowest BCUT2D eigenvalue weighted by atomic mass is 10.0. The van der Waals surface area contributed by atoms with Gasteiger partial charge in [0.15, 0.2) is 5.54 Å². The lowest BCUT2D eigenvalue weighted by molar-refractivity contribution is -0.187. The van der Waals surface area contributed by atoms with Gasteiger partial charge in [-0.05, 0) is 13.8 Å². The van der Waals surface area contributed by atoms with Crippen LogP contribution >= 0.6 is 0 Å². The highest BCUT2D eigenvalue weighted by atomic mass is 19.4. The molecule has 3 N–H and O–H groups in total. The van der Waals surface area contributed by atoms with E-state index in [-0.39, 0.29) is 6.61 Å². The van der Waals surface area contributed by atoms with Gasteiger partial charge in [0.05, 0.1) is 6.61 Å². The molecule has 2 unspecified atom stereocenters. The first-order valence-corrected chi connectivity index (χ1v) is 4.28. The maximum Gasteiger partial charge on any atom is 0.415 e. The average molecular weight is 228 g/mol. The third-order valence-corrected chi connectivity index (χ3v) is 1.85. The SMILES string of the molecule is COCC(C)NC(=O)C(C)(N)C(F)(F)F. The van der Waals surface area contributed by atoms with E-state index in [1.54, 1.807) is 0 Å². The van der Waals surface area contributed by atoms with Gasteiger partial charge in [-0.25, -0.2) is 0 Å². The predicted octanol–water partition coefficient (Wildman–Crippen LogP) is 0.417. The van der Waals surface area contributed by atoms with Crippen LogP contribution in [-0.2, 0) is 9.53 Å². The van der Waals surface area contributed by atoms with Crippen LogP contribution in [0.25, 0.3) is 0 Å². The van der Waals surface area contributed by atoms with Crippen molar-refractivity contribution in [1.29, 1.82) is 0 Å². The molecule has 0 rings (SSSR count). The molecule has 15 heavy (non-hydrogen) atoms. The molecule has 0 saturated carbocycles. The van der Waals surface area contributed by atoms with Crippen LogP contribution in [0.2, 0.25) is 0 Å². The highest BCUT2D eigenvalue weighted by Gasteiger charge is 2.54. The molecule has 0 heterocycles. The minimum atomic E-state index is -4.77. The molecule has 0 radical (unpaired) electrons. The summed E-state index contributed by atoms with van der Waals surface area (Å²) in [5, 5.41) is 2.12. The summed E-state index contributed by atoms with van der Waals surface area (Å²) in [6.07, 6.45) is -4.77. The molecular weight excluding hydrogens is 213 g/mol. The first kappa shape index (κ1) is 14.2. The zero-order valence-electron chi connectivity index (χ0n) is 8.81. The van der Waals surface area contributed by atoms with Crippen LogP contribution in [0.5, 0.6) is 0 Å². The number of alkyl halides is 3. The van der Waals surface area contributed by atoms with E-state index in [4.69, 9.17) is 5.73 Å². The van der Waals surface area contributed by atoms with E-state index >= 15 is 0 Å². The normalized spacial score (nSPS) is 18.1. The number of ether oxygens (including phenoxy) is 1. The van der Waals surface area contributed by atoms with E-state index in [0.717, 1.165) is 0 Å². The minimum absolute atomic E-state index is 0.125. The molecule has 1 amide bonds. The quantitative estimate of drug-likeness (QED) is 0.732. The van der Waals surface area contributed by atoms with Gasteiger partial charge in [-0.3, -0.25) is 4.79 Å². The van der Waals surface area contributed by atoms with Crippen LogP contribution < -0.4 is 11.1 Å². The van der Waals surface area contributed by atoms with Gasteiger partial charge < -0.3 is 15.8 Å². The fraction of sp³-hybridized carbons (Fsp3) is 0.875. The number of carbonyl (C=O) groups is 1. The van der Waals surface area contributed by atoms with Crippen molar-refractivity contribution >= 4 is 5.91 Å². The Hall–Kier alpha value is -0.820. The van der Waals surface area contributed by atoms with Crippen molar-refractivity contribution in [3.63, 3.8) is 0 Å². The summed E-state index contributed by atoms with van der Waals surface area (Å²) in [5.41, 5.74) is 2.02. The van der Waals surface area contributed by atoms with Gasteiger partial charge >= 0.3 is 6.18 Å². The van der Waals surface area contributed by atoms with Gasteiger partial charge in [-0.1, -0.05) is 0 Å². The lowest BCUT2D eigenvalue weighted by Crippen LogP contribution is -2.62. The van der Waals surface area contributed by atoms with Gasteiger partial charge in [-0.2, -0.15) is 13.2 Å². The van der Waals surface area contributed by atoms with Crippen molar-refractivity contribution < 1.29 is 22.7 Å². The Morgan fingerprint density at radius 1 is 1.53 bits per heavy atom. The predicted molar refractivity (Wildman–Crippen MR) is 48.1 cm³/mol. The molecule has 7 heteroatoms. The summed E-state index contributed by atoms with van der Waals surface area (Å²) < 4.78 is 41.6. The summed E-state index contributed by atoms with van der Waals surface area (Å²) in [6, 6.07) is -0.521. The molecule has 0 fully saturated rings. The van der Waals surface area contributed by atoms with Gasteiger partial charge in [-0.15, -0.1) is 0 Å². The molecule has 0 aliphatic carbocycles. The largest absolute Gasteiger partial charge is 0.415 e. The first-order valence-electron chi connectivity index (χ1n) is 4.28. The van der Waals surface area contributed by atoms with Gasteiger partial charge in [0, 0.05) is 13.2 Å². The number of rotatable bonds is 4. The Morgan fingerprint density at radius 2 is 2.00 bits per heavy atom. The summed E-state index contributed by atoms with van der Waals surface area (Å²) in [5.74, 6) is -1.26. The third-order valence-electron chi connectivity index (χ3n) is 1.85. The molecule has 90 valence electrons. The van der Waals surface area contributed by atoms with Crippen molar-refractivity contribution in [2.45, 2.75) is 31.6 Å². The Morgan fingerprint density at radius 3 is 2.33 bits per heavy atom. The number of nitrogens with one attached hydrogen (secondary N) is 1. The van der Waals surface area contributed by atoms with Crippen LogP contribution in [0.15, 0.2) is 0 Å². The van der Waals surface area contributed by atoms with Crippen LogP contribution in [0.3, 0.4) is 0 Å². The summed E-state index contributed by atoms with van der Waals surface area (Å²) in [6.45, 7) is 2.27. The summed E-state index contributed by atoms with van der Waals surface area (Å²) in [4.78, 5) is 11.2. The molecule has 0 bridgehead atoms. The highest BCUT2D eigenvalue weighted by molar-refractivity contribution is 5.86. The van der Waals surface area contributed by atoms with E-state index < -0.39 is 23.7 Å². The number of nitrogens with two attached hydrogens (primary N) is 1. The van der Waals surface area contributed by atoms with Crippen molar-refractivity contribution in [3.05, 3.63) is 0 Å². The summed E-state index contributed by atoms with van der Waals surface area (Å²) in [7, 11) is 1.38. The van der Waals surface area contributed by atoms with Crippen molar-refractivity contribution in [2.75, 3.05) is 13.7 Å². The molecule has 0 aliphatic heterocycles. The maximum atomic E-state index is 12.3. The second kappa shape index (κ2) is 4.80. The number of amides is 1. The summed E-state index contributed by atoms with van der Waals surface area (Å²) >= 11 is 0. The smallest absolute Gasteiger partial charge is 0.383 e. The van der Waals surface area contributed by atoms with Crippen molar-refractivity contribution in [3.8, 4) is 0 Å². The third kappa shape index (κ3) is 3.67. The molecule has 0 aromatic carbocycles. The molecule has 0 saturated heterocycles. The fourth-order valence-electron chi connectivity index (χ4n) is 0.794. The standard InChI is InChI=1S/C8H15F3N2O2/c1-5(4-15-3)13-6(14)7(2,12)8(9,10)11/h5H,4,12H2,1-3H3,(H,13,14). The number of carbonyl (C=O) groups excluding carboxylic acids is 1. The molecule has 0 aliphatic rings. The second-order valence-electron chi connectivity index (χ2n) is 3.53. The zero-order valence-corrected chi connectivity index (χ0v) is 8.81. The Balaban J connectivity index is 4.45. The van der Waals surface area contributed by atoms with E-state index in [2.05, 4.69) is 10.1 Å². The van der Waals surface area contributed by atoms with Crippen LogP contribution in [0.4, 0.5) is 13.2 Å². The topological polar surface area (TPSA) is 64.3 Å². The monoisotopic (exact) mass is 228 g/mol. The number of halogens is 3. The van der Waals surface area contributed by atoms with Gasteiger partial charge in [0.2, 0.25) is 5.91 Å². The minimum Gasteiger partial charge on any atom is -0.383 e. The molecule has 0 aromatic rings. The number of methoxy groups -OCH3 is 1. The Labute approximate surface area is 86.0 Å². The molecule has 2 atom stereocenters. The molecule has 0 spiro atoms. The molecular formula is C8H15F3N2O2. The van der Waals surface area contributed by atoms with E-state index in [1.807, 2.05) is 0 Å². The molecule has 0 aromatic heterocycles. The Bertz CT molecular complexity index is 228.